The van der Waals surface area contributed by atoms with Gasteiger partial charge in [-0.1, -0.05) is 17.7 Å². The molecule has 1 aliphatic rings. The van der Waals surface area contributed by atoms with Crippen molar-refractivity contribution in [2.75, 3.05) is 28.0 Å². The molecule has 28 heavy (non-hydrogen) atoms. The number of fused-ring (bicyclic) bond motifs is 1. The summed E-state index contributed by atoms with van der Waals surface area (Å²) in [5.74, 6) is 0. The van der Waals surface area contributed by atoms with Crippen molar-refractivity contribution in [1.29, 1.82) is 0 Å². The van der Waals surface area contributed by atoms with Crippen LogP contribution in [0.2, 0.25) is 5.02 Å². The molecule has 2 N–H and O–H groups in total. The van der Waals surface area contributed by atoms with Gasteiger partial charge in [0.15, 0.2) is 0 Å². The fourth-order valence-corrected chi connectivity index (χ4v) is 4.97. The van der Waals surface area contributed by atoms with Gasteiger partial charge in [-0.25, -0.2) is 17.8 Å². The second-order valence-electron chi connectivity index (χ2n) is 6.03. The molecule has 2 heterocycles. The van der Waals surface area contributed by atoms with Gasteiger partial charge in [-0.15, -0.1) is 0 Å². The molecule has 1 aliphatic heterocycles. The van der Waals surface area contributed by atoms with E-state index < -0.39 is 16.7 Å². The van der Waals surface area contributed by atoms with Crippen molar-refractivity contribution in [3.05, 3.63) is 53.3 Å². The summed E-state index contributed by atoms with van der Waals surface area (Å²) in [5, 5.41) is 3.86. The van der Waals surface area contributed by atoms with Crippen molar-refractivity contribution >= 4 is 55.4 Å². The fraction of sp³-hybridized carbons (Fsp3) is 0.176. The fourth-order valence-electron chi connectivity index (χ4n) is 2.98. The third-order valence-corrected chi connectivity index (χ3v) is 6.61. The smallest absolute Gasteiger partial charge is 0.263 e. The number of anilines is 4. The second-order valence-corrected chi connectivity index (χ2v) is 8.90. The highest BCUT2D eigenvalue weighted by atomic mass is 35.5. The first-order chi connectivity index (χ1) is 13.5. The summed E-state index contributed by atoms with van der Waals surface area (Å²) in [4.78, 5) is 5.92. The van der Waals surface area contributed by atoms with E-state index in [0.717, 1.165) is 22.9 Å². The van der Waals surface area contributed by atoms with Gasteiger partial charge in [0, 0.05) is 24.6 Å². The lowest BCUT2D eigenvalue weighted by Crippen LogP contribution is -2.30. The zero-order valence-electron chi connectivity index (χ0n) is 14.4. The van der Waals surface area contributed by atoms with Crippen LogP contribution in [0, 0.1) is 0 Å². The van der Waals surface area contributed by atoms with Crippen LogP contribution in [0.4, 0.5) is 26.6 Å². The van der Waals surface area contributed by atoms with E-state index in [0.29, 0.717) is 29.4 Å². The zero-order chi connectivity index (χ0) is 19.7. The molecule has 146 valence electrons. The maximum absolute atomic E-state index is 12.9. The Morgan fingerprint density at radius 2 is 2.07 bits per heavy atom. The Morgan fingerprint density at radius 3 is 2.79 bits per heavy atom. The Labute approximate surface area is 170 Å². The van der Waals surface area contributed by atoms with Crippen LogP contribution in [0.15, 0.2) is 47.6 Å². The molecule has 4 rings (SSSR count). The minimum Gasteiger partial charge on any atom is -0.382 e. The topological polar surface area (TPSA) is 87.2 Å². The average molecular weight is 440 g/mol. The van der Waals surface area contributed by atoms with Crippen LogP contribution in [0.5, 0.6) is 0 Å². The van der Waals surface area contributed by atoms with Gasteiger partial charge in [-0.3, -0.25) is 4.72 Å². The first kappa shape index (κ1) is 18.9. The number of nitrogens with one attached hydrogen (secondary N) is 2. The Hall–Kier alpha value is -2.43. The number of hydrogen-bond donors (Lipinski definition) is 2. The molecule has 0 saturated carbocycles. The third-order valence-electron chi connectivity index (χ3n) is 4.26. The third kappa shape index (κ3) is 3.62. The average Bonchev–Trinajstić information content (AvgIpc) is 3.19. The number of halogens is 2. The largest absolute Gasteiger partial charge is 0.382 e. The zero-order valence-corrected chi connectivity index (χ0v) is 16.8. The summed E-state index contributed by atoms with van der Waals surface area (Å²) >= 11 is 7.30. The Kier molecular flexibility index (Phi) is 5.09. The van der Waals surface area contributed by atoms with Crippen LogP contribution in [-0.2, 0) is 16.7 Å². The lowest BCUT2D eigenvalue weighted by atomic mass is 10.1. The predicted octanol–water partition coefficient (Wildman–Crippen LogP) is 4.03. The highest BCUT2D eigenvalue weighted by molar-refractivity contribution is 7.93. The summed E-state index contributed by atoms with van der Waals surface area (Å²) in [6.07, 6.45) is 1.28. The molecule has 11 heteroatoms. The maximum Gasteiger partial charge on any atom is 0.263 e. The molecule has 0 amide bonds. The quantitative estimate of drug-likeness (QED) is 0.624. The molecular weight excluding hydrogens is 425 g/mol. The Balaban J connectivity index is 1.68. The molecular formula is C17H15ClFN5O2S2. The van der Waals surface area contributed by atoms with E-state index >= 15 is 0 Å². The standard InChI is InChI=1S/C17H15ClFN5O2S2/c18-13-7-11(9-19)1-3-15(13)24-6-5-20-14-8-12(2-4-16(14)24)28(25,26)23-17-21-10-22-27-17/h1-4,7-8,10,20H,5-6,9H2,(H,21,22,23). The van der Waals surface area contributed by atoms with Crippen LogP contribution in [0.3, 0.4) is 0 Å². The van der Waals surface area contributed by atoms with E-state index in [1.807, 2.05) is 4.90 Å². The molecule has 0 aliphatic carbocycles. The Morgan fingerprint density at radius 1 is 1.25 bits per heavy atom. The number of benzene rings is 2. The van der Waals surface area contributed by atoms with E-state index in [9.17, 15) is 12.8 Å². The number of alkyl halides is 1. The summed E-state index contributed by atoms with van der Waals surface area (Å²) in [5.41, 5.74) is 2.70. The molecule has 0 bridgehead atoms. The van der Waals surface area contributed by atoms with Crippen molar-refractivity contribution in [3.8, 4) is 0 Å². The van der Waals surface area contributed by atoms with Gasteiger partial charge in [0.2, 0.25) is 5.13 Å². The lowest BCUT2D eigenvalue weighted by molar-refractivity contribution is 0.485. The molecule has 3 aromatic rings. The molecule has 0 saturated heterocycles. The van der Waals surface area contributed by atoms with E-state index in [1.54, 1.807) is 30.3 Å². The molecule has 0 unspecified atom stereocenters. The monoisotopic (exact) mass is 439 g/mol. The lowest BCUT2D eigenvalue weighted by Gasteiger charge is -2.33. The minimum atomic E-state index is -3.78. The number of aromatic nitrogens is 2. The first-order valence-electron chi connectivity index (χ1n) is 8.27. The number of hydrogen-bond acceptors (Lipinski definition) is 7. The van der Waals surface area contributed by atoms with Gasteiger partial charge < -0.3 is 10.2 Å². The van der Waals surface area contributed by atoms with E-state index in [4.69, 9.17) is 11.6 Å². The molecule has 0 fully saturated rings. The summed E-state index contributed by atoms with van der Waals surface area (Å²) in [6.45, 7) is 0.652. The van der Waals surface area contributed by atoms with Gasteiger partial charge in [0.05, 0.1) is 27.0 Å². The summed E-state index contributed by atoms with van der Waals surface area (Å²) in [7, 11) is -3.78. The van der Waals surface area contributed by atoms with Gasteiger partial charge in [-0.2, -0.15) is 4.37 Å². The van der Waals surface area contributed by atoms with Crippen LogP contribution in [-0.4, -0.2) is 30.9 Å². The van der Waals surface area contributed by atoms with Crippen molar-refractivity contribution in [3.63, 3.8) is 0 Å². The van der Waals surface area contributed by atoms with Gasteiger partial charge in [0.25, 0.3) is 10.0 Å². The number of nitrogens with zero attached hydrogens (tertiary/aromatic N) is 3. The van der Waals surface area contributed by atoms with Crippen molar-refractivity contribution in [2.24, 2.45) is 0 Å². The van der Waals surface area contributed by atoms with Crippen LogP contribution < -0.4 is 14.9 Å². The number of sulfonamides is 1. The van der Waals surface area contributed by atoms with Gasteiger partial charge >= 0.3 is 0 Å². The second kappa shape index (κ2) is 7.53. The predicted molar refractivity (Wildman–Crippen MR) is 109 cm³/mol. The van der Waals surface area contributed by atoms with Crippen LogP contribution in [0.25, 0.3) is 0 Å². The van der Waals surface area contributed by atoms with Crippen molar-refractivity contribution < 1.29 is 12.8 Å². The van der Waals surface area contributed by atoms with Gasteiger partial charge in [-0.05, 0) is 35.9 Å². The molecule has 7 nitrogen and oxygen atoms in total. The van der Waals surface area contributed by atoms with E-state index in [1.165, 1.54) is 12.4 Å². The molecule has 0 radical (unpaired) electrons. The highest BCUT2D eigenvalue weighted by Gasteiger charge is 2.23. The van der Waals surface area contributed by atoms with Crippen molar-refractivity contribution in [2.45, 2.75) is 11.6 Å². The maximum atomic E-state index is 12.9. The van der Waals surface area contributed by atoms with E-state index in [-0.39, 0.29) is 10.0 Å². The van der Waals surface area contributed by atoms with Crippen molar-refractivity contribution in [1.82, 2.24) is 9.36 Å². The SMILES string of the molecule is O=S(=O)(Nc1ncns1)c1ccc2c(c1)NCCN2c1ccc(CF)cc1Cl. The normalized spacial score (nSPS) is 13.7. The first-order valence-corrected chi connectivity index (χ1v) is 10.9. The Bertz CT molecular complexity index is 1110. The highest BCUT2D eigenvalue weighted by Crippen LogP contribution is 2.39. The summed E-state index contributed by atoms with van der Waals surface area (Å²) in [6, 6.07) is 9.86. The molecule has 0 spiro atoms. The van der Waals surface area contributed by atoms with Crippen LogP contribution in [0.1, 0.15) is 5.56 Å². The molecule has 1 aromatic heterocycles. The van der Waals surface area contributed by atoms with E-state index in [2.05, 4.69) is 19.4 Å². The molecule has 0 atom stereocenters. The minimum absolute atomic E-state index is 0.106. The summed E-state index contributed by atoms with van der Waals surface area (Å²) < 4.78 is 44.2. The molecule has 2 aromatic carbocycles. The van der Waals surface area contributed by atoms with Gasteiger partial charge in [0.1, 0.15) is 13.0 Å². The number of rotatable bonds is 5. The van der Waals surface area contributed by atoms with Crippen LogP contribution >= 0.6 is 23.1 Å².